The molecule has 0 aliphatic heterocycles. The van der Waals surface area contributed by atoms with Crippen molar-refractivity contribution < 1.29 is 9.53 Å². The predicted molar refractivity (Wildman–Crippen MR) is 125 cm³/mol. The number of hydrogen-bond acceptors (Lipinski definition) is 5. The van der Waals surface area contributed by atoms with Crippen molar-refractivity contribution in [1.29, 1.82) is 0 Å². The van der Waals surface area contributed by atoms with Gasteiger partial charge in [0.25, 0.3) is 5.56 Å². The molecule has 0 saturated heterocycles. The first-order valence-corrected chi connectivity index (χ1v) is 10.4. The number of carbonyl (C=O) groups excluding carboxylic acids is 1. The third-order valence-electron chi connectivity index (χ3n) is 4.38. The molecule has 0 bridgehead atoms. The van der Waals surface area contributed by atoms with Crippen molar-refractivity contribution in [3.8, 4) is 17.1 Å². The van der Waals surface area contributed by atoms with E-state index in [0.717, 1.165) is 5.56 Å². The van der Waals surface area contributed by atoms with Crippen molar-refractivity contribution in [2.24, 2.45) is 5.10 Å². The minimum atomic E-state index is -0.493. The van der Waals surface area contributed by atoms with Gasteiger partial charge in [-0.15, -0.1) is 0 Å². The van der Waals surface area contributed by atoms with E-state index in [1.165, 1.54) is 17.8 Å². The third kappa shape index (κ3) is 4.42. The van der Waals surface area contributed by atoms with E-state index in [0.29, 0.717) is 31.8 Å². The van der Waals surface area contributed by atoms with Gasteiger partial charge < -0.3 is 4.74 Å². The van der Waals surface area contributed by atoms with E-state index in [2.05, 4.69) is 26.0 Å². The highest BCUT2D eigenvalue weighted by Gasteiger charge is 2.14. The van der Waals surface area contributed by atoms with E-state index in [9.17, 15) is 9.59 Å². The molecule has 3 aromatic carbocycles. The van der Waals surface area contributed by atoms with Gasteiger partial charge in [0.1, 0.15) is 0 Å². The average Bonchev–Trinajstić information content (AvgIpc) is 2.75. The third-order valence-corrected chi connectivity index (χ3v) is 5.19. The van der Waals surface area contributed by atoms with Crippen LogP contribution in [-0.4, -0.2) is 21.8 Å². The van der Waals surface area contributed by atoms with Gasteiger partial charge in [-0.05, 0) is 40.2 Å². The van der Waals surface area contributed by atoms with Crippen molar-refractivity contribution >= 4 is 50.6 Å². The molecule has 1 aromatic heterocycles. The van der Waals surface area contributed by atoms with E-state index in [-0.39, 0.29) is 11.3 Å². The maximum atomic E-state index is 13.2. The number of halogens is 2. The molecule has 0 aliphatic carbocycles. The number of fused-ring (bicyclic) bond motifs is 1. The molecule has 0 aliphatic rings. The molecule has 4 rings (SSSR count). The summed E-state index contributed by atoms with van der Waals surface area (Å²) in [6.45, 7) is 1.30. The lowest BCUT2D eigenvalue weighted by Crippen LogP contribution is -2.20. The van der Waals surface area contributed by atoms with E-state index in [4.69, 9.17) is 16.3 Å². The fourth-order valence-corrected chi connectivity index (χ4v) is 3.97. The number of ether oxygens (including phenoxy) is 1. The average molecular weight is 497 g/mol. The summed E-state index contributed by atoms with van der Waals surface area (Å²) < 4.78 is 7.01. The fraction of sp³-hybridized carbons (Fsp3) is 0.0435. The lowest BCUT2D eigenvalue weighted by atomic mass is 10.2. The quantitative estimate of drug-likeness (QED) is 0.219. The van der Waals surface area contributed by atoms with Crippen LogP contribution in [0.4, 0.5) is 0 Å². The van der Waals surface area contributed by atoms with Gasteiger partial charge in [0.2, 0.25) is 0 Å². The highest BCUT2D eigenvalue weighted by Crippen LogP contribution is 2.32. The van der Waals surface area contributed by atoms with Crippen molar-refractivity contribution in [3.05, 3.63) is 92.1 Å². The first-order chi connectivity index (χ1) is 14.9. The standard InChI is InChI=1S/C23H15BrClN3O3/c1-14(29)31-21-16(11-17(25)12-19(21)24)13-26-28-22(15-7-3-2-4-8-15)27-20-10-6-5-9-18(20)23(28)30/h2-13H,1H3. The van der Waals surface area contributed by atoms with Gasteiger partial charge in [-0.25, -0.2) is 4.98 Å². The number of aromatic nitrogens is 2. The van der Waals surface area contributed by atoms with E-state index < -0.39 is 5.97 Å². The number of benzene rings is 3. The van der Waals surface area contributed by atoms with Crippen LogP contribution in [0, 0.1) is 0 Å². The topological polar surface area (TPSA) is 73.5 Å². The zero-order valence-corrected chi connectivity index (χ0v) is 18.6. The van der Waals surface area contributed by atoms with Crippen LogP contribution in [-0.2, 0) is 4.79 Å². The Bertz CT molecular complexity index is 1380. The number of carbonyl (C=O) groups is 1. The molecule has 154 valence electrons. The Morgan fingerprint density at radius 2 is 1.84 bits per heavy atom. The van der Waals surface area contributed by atoms with E-state index in [1.54, 1.807) is 30.3 Å². The maximum absolute atomic E-state index is 13.2. The summed E-state index contributed by atoms with van der Waals surface area (Å²) in [5, 5.41) is 5.25. The summed E-state index contributed by atoms with van der Waals surface area (Å²) in [6, 6.07) is 19.6. The number of rotatable bonds is 4. The molecule has 0 spiro atoms. The molecule has 4 aromatic rings. The van der Waals surface area contributed by atoms with Gasteiger partial charge in [-0.3, -0.25) is 9.59 Å². The van der Waals surface area contributed by atoms with E-state index >= 15 is 0 Å². The monoisotopic (exact) mass is 495 g/mol. The zero-order chi connectivity index (χ0) is 22.0. The summed E-state index contributed by atoms with van der Waals surface area (Å²) in [6.07, 6.45) is 1.42. The molecular weight excluding hydrogens is 482 g/mol. The molecule has 0 unspecified atom stereocenters. The van der Waals surface area contributed by atoms with Gasteiger partial charge in [-0.2, -0.15) is 9.78 Å². The number of hydrogen-bond donors (Lipinski definition) is 0. The molecule has 0 atom stereocenters. The predicted octanol–water partition coefficient (Wildman–Crippen LogP) is 5.29. The summed E-state index contributed by atoms with van der Waals surface area (Å²) in [5.74, 6) is 0.145. The molecular formula is C23H15BrClN3O3. The number of para-hydroxylation sites is 1. The minimum absolute atomic E-state index is 0.253. The Morgan fingerprint density at radius 3 is 2.58 bits per heavy atom. The molecule has 1 heterocycles. The van der Waals surface area contributed by atoms with Crippen molar-refractivity contribution in [2.75, 3.05) is 0 Å². The Hall–Kier alpha value is -3.29. The second-order valence-electron chi connectivity index (χ2n) is 6.58. The van der Waals surface area contributed by atoms with Gasteiger partial charge in [-0.1, -0.05) is 54.1 Å². The lowest BCUT2D eigenvalue weighted by Gasteiger charge is -2.11. The molecule has 31 heavy (non-hydrogen) atoms. The van der Waals surface area contributed by atoms with Crippen LogP contribution in [0.15, 0.2) is 81.1 Å². The fourth-order valence-electron chi connectivity index (χ4n) is 3.05. The Morgan fingerprint density at radius 1 is 1.13 bits per heavy atom. The first-order valence-electron chi connectivity index (χ1n) is 9.23. The van der Waals surface area contributed by atoms with Crippen LogP contribution in [0.2, 0.25) is 5.02 Å². The Kier molecular flexibility index (Phi) is 5.97. The first kappa shape index (κ1) is 21.0. The highest BCUT2D eigenvalue weighted by atomic mass is 79.9. The largest absolute Gasteiger partial charge is 0.425 e. The molecule has 0 saturated carbocycles. The maximum Gasteiger partial charge on any atom is 0.308 e. The van der Waals surface area contributed by atoms with Gasteiger partial charge >= 0.3 is 5.97 Å². The molecule has 0 fully saturated rings. The normalized spacial score (nSPS) is 11.2. The van der Waals surface area contributed by atoms with Crippen LogP contribution >= 0.6 is 27.5 Å². The molecule has 6 nitrogen and oxygen atoms in total. The van der Waals surface area contributed by atoms with Gasteiger partial charge in [0.05, 0.1) is 21.6 Å². The molecule has 0 N–H and O–H groups in total. The second kappa shape index (κ2) is 8.83. The summed E-state index contributed by atoms with van der Waals surface area (Å²) >= 11 is 9.51. The van der Waals surface area contributed by atoms with Crippen molar-refractivity contribution in [1.82, 2.24) is 9.66 Å². The second-order valence-corrected chi connectivity index (χ2v) is 7.87. The van der Waals surface area contributed by atoms with Crippen LogP contribution in [0.1, 0.15) is 12.5 Å². The Balaban J connectivity index is 1.93. The molecule has 0 amide bonds. The number of nitrogens with zero attached hydrogens (tertiary/aromatic N) is 3. The lowest BCUT2D eigenvalue weighted by molar-refractivity contribution is -0.131. The Labute approximate surface area is 190 Å². The van der Waals surface area contributed by atoms with Crippen molar-refractivity contribution in [2.45, 2.75) is 6.92 Å². The minimum Gasteiger partial charge on any atom is -0.425 e. The van der Waals surface area contributed by atoms with Gasteiger partial charge in [0.15, 0.2) is 11.6 Å². The van der Waals surface area contributed by atoms with Gasteiger partial charge in [0, 0.05) is 23.1 Å². The summed E-state index contributed by atoms with van der Waals surface area (Å²) in [4.78, 5) is 29.4. The van der Waals surface area contributed by atoms with Crippen LogP contribution in [0.5, 0.6) is 5.75 Å². The number of esters is 1. The molecule has 0 radical (unpaired) electrons. The van der Waals surface area contributed by atoms with E-state index in [1.807, 2.05) is 36.4 Å². The zero-order valence-electron chi connectivity index (χ0n) is 16.3. The summed E-state index contributed by atoms with van der Waals surface area (Å²) in [7, 11) is 0. The van der Waals surface area contributed by atoms with Crippen LogP contribution in [0.25, 0.3) is 22.3 Å². The van der Waals surface area contributed by atoms with Crippen molar-refractivity contribution in [3.63, 3.8) is 0 Å². The summed E-state index contributed by atoms with van der Waals surface area (Å²) in [5.41, 5.74) is 1.41. The SMILES string of the molecule is CC(=O)Oc1c(Br)cc(Cl)cc1C=Nn1c(-c2ccccc2)nc2ccccc2c1=O. The highest BCUT2D eigenvalue weighted by molar-refractivity contribution is 9.10. The van der Waals surface area contributed by atoms with Crippen LogP contribution < -0.4 is 10.3 Å². The van der Waals surface area contributed by atoms with Crippen LogP contribution in [0.3, 0.4) is 0 Å². The smallest absolute Gasteiger partial charge is 0.308 e. The molecule has 8 heteroatoms.